The van der Waals surface area contributed by atoms with Crippen LogP contribution in [0, 0.1) is 5.92 Å². The van der Waals surface area contributed by atoms with Crippen molar-refractivity contribution in [1.82, 2.24) is 9.97 Å². The molecule has 1 heterocycles. The lowest BCUT2D eigenvalue weighted by Crippen LogP contribution is -2.36. The van der Waals surface area contributed by atoms with Crippen molar-refractivity contribution in [2.45, 2.75) is 58.4 Å². The molecule has 1 aromatic heterocycles. The van der Waals surface area contributed by atoms with Crippen LogP contribution in [0.15, 0.2) is 6.20 Å². The zero-order valence-electron chi connectivity index (χ0n) is 13.3. The SMILES string of the molecule is CC1CCCC(N(C)c2cnc(C(C)C)nc2C(=O)O)C1. The second-order valence-electron chi connectivity index (χ2n) is 6.46. The molecule has 1 aromatic rings. The van der Waals surface area contributed by atoms with Gasteiger partial charge in [-0.25, -0.2) is 14.8 Å². The minimum Gasteiger partial charge on any atom is -0.476 e. The van der Waals surface area contributed by atoms with E-state index in [-0.39, 0.29) is 11.6 Å². The van der Waals surface area contributed by atoms with Gasteiger partial charge in [0.15, 0.2) is 5.69 Å². The normalized spacial score (nSPS) is 22.3. The molecule has 0 bridgehead atoms. The molecule has 2 unspecified atom stereocenters. The zero-order valence-corrected chi connectivity index (χ0v) is 13.3. The van der Waals surface area contributed by atoms with Gasteiger partial charge in [0.05, 0.1) is 11.9 Å². The summed E-state index contributed by atoms with van der Waals surface area (Å²) in [5.41, 5.74) is 0.750. The molecule has 1 aliphatic rings. The van der Waals surface area contributed by atoms with Gasteiger partial charge in [-0.05, 0) is 18.8 Å². The molecule has 0 aliphatic heterocycles. The lowest BCUT2D eigenvalue weighted by Gasteiger charge is -2.35. The van der Waals surface area contributed by atoms with Gasteiger partial charge >= 0.3 is 5.97 Å². The maximum Gasteiger partial charge on any atom is 0.356 e. The number of carboxylic acid groups (broad SMARTS) is 1. The Bertz CT molecular complexity index is 516. The Hall–Kier alpha value is -1.65. The summed E-state index contributed by atoms with van der Waals surface area (Å²) in [6, 6.07) is 0.375. The second-order valence-corrected chi connectivity index (χ2v) is 6.46. The molecule has 1 saturated carbocycles. The van der Waals surface area contributed by atoms with Crippen LogP contribution in [-0.2, 0) is 0 Å². The number of rotatable bonds is 4. The summed E-state index contributed by atoms with van der Waals surface area (Å²) >= 11 is 0. The average Bonchev–Trinajstić information content (AvgIpc) is 2.45. The summed E-state index contributed by atoms with van der Waals surface area (Å²) < 4.78 is 0. The van der Waals surface area contributed by atoms with Crippen molar-refractivity contribution in [2.24, 2.45) is 5.92 Å². The summed E-state index contributed by atoms with van der Waals surface area (Å²) in [6.45, 7) is 6.19. The zero-order chi connectivity index (χ0) is 15.6. The van der Waals surface area contributed by atoms with Crippen LogP contribution in [0.2, 0.25) is 0 Å². The van der Waals surface area contributed by atoms with Gasteiger partial charge in [-0.3, -0.25) is 0 Å². The largest absolute Gasteiger partial charge is 0.476 e. The molecule has 0 aromatic carbocycles. The lowest BCUT2D eigenvalue weighted by atomic mass is 9.86. The smallest absolute Gasteiger partial charge is 0.356 e. The molecule has 1 aliphatic carbocycles. The van der Waals surface area contributed by atoms with Crippen LogP contribution in [0.4, 0.5) is 5.69 Å². The van der Waals surface area contributed by atoms with Crippen molar-refractivity contribution in [3.05, 3.63) is 17.7 Å². The van der Waals surface area contributed by atoms with Gasteiger partial charge in [-0.2, -0.15) is 0 Å². The number of nitrogens with zero attached hydrogens (tertiary/aromatic N) is 3. The molecule has 5 nitrogen and oxygen atoms in total. The molecular formula is C16H25N3O2. The predicted octanol–water partition coefficient (Wildman–Crippen LogP) is 3.31. The number of carboxylic acids is 1. The van der Waals surface area contributed by atoms with E-state index >= 15 is 0 Å². The highest BCUT2D eigenvalue weighted by atomic mass is 16.4. The van der Waals surface area contributed by atoms with Crippen LogP contribution >= 0.6 is 0 Å². The Morgan fingerprint density at radius 3 is 2.71 bits per heavy atom. The van der Waals surface area contributed by atoms with Crippen molar-refractivity contribution in [2.75, 3.05) is 11.9 Å². The van der Waals surface area contributed by atoms with Crippen molar-refractivity contribution in [3.8, 4) is 0 Å². The molecule has 0 amide bonds. The third kappa shape index (κ3) is 3.52. The first-order valence-corrected chi connectivity index (χ1v) is 7.73. The molecular weight excluding hydrogens is 266 g/mol. The van der Waals surface area contributed by atoms with Crippen LogP contribution in [0.5, 0.6) is 0 Å². The monoisotopic (exact) mass is 291 g/mol. The standard InChI is InChI=1S/C16H25N3O2/c1-10(2)15-17-9-13(14(18-15)16(20)21)19(4)12-7-5-6-11(3)8-12/h9-12H,5-8H2,1-4H3,(H,20,21). The summed E-state index contributed by atoms with van der Waals surface area (Å²) in [7, 11) is 1.96. The first kappa shape index (κ1) is 15.7. The summed E-state index contributed by atoms with van der Waals surface area (Å²) in [5, 5.41) is 9.45. The number of aromatic carboxylic acids is 1. The fraction of sp³-hybridized carbons (Fsp3) is 0.688. The van der Waals surface area contributed by atoms with E-state index in [0.29, 0.717) is 23.5 Å². The Kier molecular flexibility index (Phi) is 4.80. The molecule has 0 radical (unpaired) electrons. The third-order valence-corrected chi connectivity index (χ3v) is 4.34. The van der Waals surface area contributed by atoms with Gasteiger partial charge in [0.25, 0.3) is 0 Å². The fourth-order valence-corrected chi connectivity index (χ4v) is 3.03. The van der Waals surface area contributed by atoms with Gasteiger partial charge < -0.3 is 10.0 Å². The highest BCUT2D eigenvalue weighted by Gasteiger charge is 2.26. The summed E-state index contributed by atoms with van der Waals surface area (Å²) in [4.78, 5) is 22.2. The van der Waals surface area contributed by atoms with Crippen molar-refractivity contribution in [1.29, 1.82) is 0 Å². The molecule has 0 saturated heterocycles. The van der Waals surface area contributed by atoms with Crippen molar-refractivity contribution >= 4 is 11.7 Å². The number of hydrogen-bond donors (Lipinski definition) is 1. The van der Waals surface area contributed by atoms with Gasteiger partial charge in [-0.15, -0.1) is 0 Å². The molecule has 2 rings (SSSR count). The van der Waals surface area contributed by atoms with E-state index in [2.05, 4.69) is 21.8 Å². The lowest BCUT2D eigenvalue weighted by molar-refractivity contribution is 0.0690. The molecule has 1 N–H and O–H groups in total. The quantitative estimate of drug-likeness (QED) is 0.921. The van der Waals surface area contributed by atoms with Crippen LogP contribution < -0.4 is 4.90 Å². The highest BCUT2D eigenvalue weighted by molar-refractivity contribution is 5.92. The predicted molar refractivity (Wildman–Crippen MR) is 82.9 cm³/mol. The average molecular weight is 291 g/mol. The molecule has 0 spiro atoms. The first-order chi connectivity index (χ1) is 9.90. The van der Waals surface area contributed by atoms with Crippen LogP contribution in [0.3, 0.4) is 0 Å². The van der Waals surface area contributed by atoms with E-state index in [1.54, 1.807) is 6.20 Å². The summed E-state index contributed by atoms with van der Waals surface area (Å²) in [6.07, 6.45) is 6.33. The van der Waals surface area contributed by atoms with Crippen LogP contribution in [0.1, 0.15) is 68.7 Å². The van der Waals surface area contributed by atoms with Gasteiger partial charge in [-0.1, -0.05) is 33.6 Å². The van der Waals surface area contributed by atoms with E-state index in [4.69, 9.17) is 0 Å². The van der Waals surface area contributed by atoms with Crippen LogP contribution in [-0.4, -0.2) is 34.1 Å². The Balaban J connectivity index is 2.31. The third-order valence-electron chi connectivity index (χ3n) is 4.34. The fourth-order valence-electron chi connectivity index (χ4n) is 3.03. The molecule has 1 fully saturated rings. The van der Waals surface area contributed by atoms with E-state index in [0.717, 1.165) is 12.8 Å². The molecule has 2 atom stereocenters. The summed E-state index contributed by atoms with van der Waals surface area (Å²) in [5.74, 6) is 0.416. The van der Waals surface area contributed by atoms with Gasteiger partial charge in [0.1, 0.15) is 5.82 Å². The van der Waals surface area contributed by atoms with E-state index in [9.17, 15) is 9.90 Å². The maximum atomic E-state index is 11.5. The van der Waals surface area contributed by atoms with Crippen molar-refractivity contribution in [3.63, 3.8) is 0 Å². The van der Waals surface area contributed by atoms with Crippen molar-refractivity contribution < 1.29 is 9.90 Å². The Morgan fingerprint density at radius 1 is 1.43 bits per heavy atom. The Labute approximate surface area is 126 Å². The molecule has 5 heteroatoms. The molecule has 21 heavy (non-hydrogen) atoms. The van der Waals surface area contributed by atoms with Crippen LogP contribution in [0.25, 0.3) is 0 Å². The number of carbonyl (C=O) groups is 1. The van der Waals surface area contributed by atoms with E-state index in [1.807, 2.05) is 20.9 Å². The van der Waals surface area contributed by atoms with Gasteiger partial charge in [0.2, 0.25) is 0 Å². The minimum absolute atomic E-state index is 0.120. The van der Waals surface area contributed by atoms with E-state index < -0.39 is 5.97 Å². The molecule has 116 valence electrons. The highest BCUT2D eigenvalue weighted by Crippen LogP contribution is 2.30. The topological polar surface area (TPSA) is 66.3 Å². The second kappa shape index (κ2) is 6.41. The number of hydrogen-bond acceptors (Lipinski definition) is 4. The first-order valence-electron chi connectivity index (χ1n) is 7.73. The Morgan fingerprint density at radius 2 is 2.14 bits per heavy atom. The number of anilines is 1. The number of aromatic nitrogens is 2. The van der Waals surface area contributed by atoms with Gasteiger partial charge in [0, 0.05) is 19.0 Å². The van der Waals surface area contributed by atoms with E-state index in [1.165, 1.54) is 12.8 Å². The minimum atomic E-state index is -0.981. The maximum absolute atomic E-state index is 11.5.